The van der Waals surface area contributed by atoms with Gasteiger partial charge in [0, 0.05) is 6.08 Å². The lowest BCUT2D eigenvalue weighted by Crippen LogP contribution is -2.10. The molecule has 0 saturated carbocycles. The molecule has 0 spiro atoms. The lowest BCUT2D eigenvalue weighted by molar-refractivity contribution is -0.281. The third-order valence-corrected chi connectivity index (χ3v) is 3.88. The highest BCUT2D eigenvalue weighted by molar-refractivity contribution is 5.80. The second-order valence-electron chi connectivity index (χ2n) is 6.08. The van der Waals surface area contributed by atoms with Gasteiger partial charge < -0.3 is 5.11 Å². The van der Waals surface area contributed by atoms with Crippen molar-refractivity contribution in [3.63, 3.8) is 0 Å². The molecule has 0 fully saturated rings. The summed E-state index contributed by atoms with van der Waals surface area (Å²) in [7, 11) is 0. The van der Waals surface area contributed by atoms with E-state index in [2.05, 4.69) is 17.9 Å². The fourth-order valence-corrected chi connectivity index (χ4v) is 2.48. The van der Waals surface area contributed by atoms with E-state index in [-0.39, 0.29) is 6.10 Å². The van der Waals surface area contributed by atoms with Crippen LogP contribution in [-0.4, -0.2) is 22.4 Å². The average Bonchev–Trinajstić information content (AvgIpc) is 2.57. The predicted octanol–water partition coefficient (Wildman–Crippen LogP) is 5.91. The van der Waals surface area contributed by atoms with E-state index >= 15 is 0 Å². The number of hydrogen-bond acceptors (Lipinski definition) is 3. The Morgan fingerprint density at radius 1 is 0.917 bits per heavy atom. The standard InChI is InChI=1S/C20H34O4/c1-2-3-4-5-10-13-16-19(24-23)17-14-11-8-6-7-9-12-15-18-20(21)22/h6-7,9,12,15,18-19,23H,2-5,8,10-11,13-14,16-17H2,1H3,(H,21,22). The number of allylic oxidation sites excluding steroid dienone is 5. The molecule has 138 valence electrons. The number of rotatable bonds is 16. The van der Waals surface area contributed by atoms with Crippen molar-refractivity contribution in [2.45, 2.75) is 83.7 Å². The van der Waals surface area contributed by atoms with Gasteiger partial charge in [0.15, 0.2) is 0 Å². The Bertz CT molecular complexity index is 372. The summed E-state index contributed by atoms with van der Waals surface area (Å²) in [6.45, 7) is 2.22. The van der Waals surface area contributed by atoms with Crippen LogP contribution in [-0.2, 0) is 9.68 Å². The quantitative estimate of drug-likeness (QED) is 0.121. The monoisotopic (exact) mass is 338 g/mol. The van der Waals surface area contributed by atoms with Crippen LogP contribution in [0, 0.1) is 0 Å². The van der Waals surface area contributed by atoms with Crippen LogP contribution in [0.2, 0.25) is 0 Å². The Morgan fingerprint density at radius 2 is 1.54 bits per heavy atom. The highest BCUT2D eigenvalue weighted by Crippen LogP contribution is 2.15. The Morgan fingerprint density at radius 3 is 2.21 bits per heavy atom. The zero-order chi connectivity index (χ0) is 17.9. The minimum absolute atomic E-state index is 0.0267. The van der Waals surface area contributed by atoms with Gasteiger partial charge in [0.25, 0.3) is 0 Å². The molecule has 0 heterocycles. The number of carboxylic acid groups (broad SMARTS) is 1. The molecule has 0 saturated heterocycles. The highest BCUT2D eigenvalue weighted by Gasteiger charge is 2.07. The molecule has 0 aliphatic carbocycles. The van der Waals surface area contributed by atoms with E-state index in [4.69, 9.17) is 10.4 Å². The molecule has 0 aliphatic rings. The van der Waals surface area contributed by atoms with Gasteiger partial charge in [-0.3, -0.25) is 5.26 Å². The van der Waals surface area contributed by atoms with Gasteiger partial charge in [-0.1, -0.05) is 82.2 Å². The number of hydrogen-bond donors (Lipinski definition) is 2. The summed E-state index contributed by atoms with van der Waals surface area (Å²) in [4.78, 5) is 14.8. The third kappa shape index (κ3) is 17.0. The summed E-state index contributed by atoms with van der Waals surface area (Å²) in [5, 5.41) is 17.4. The van der Waals surface area contributed by atoms with Crippen LogP contribution in [0.4, 0.5) is 0 Å². The number of aliphatic carboxylic acids is 1. The van der Waals surface area contributed by atoms with Crippen LogP contribution in [0.3, 0.4) is 0 Å². The maximum atomic E-state index is 10.2. The van der Waals surface area contributed by atoms with Gasteiger partial charge in [-0.2, -0.15) is 0 Å². The number of carboxylic acids is 1. The van der Waals surface area contributed by atoms with Crippen molar-refractivity contribution in [3.05, 3.63) is 36.5 Å². The van der Waals surface area contributed by atoms with E-state index in [1.165, 1.54) is 38.2 Å². The Balaban J connectivity index is 3.57. The molecule has 0 aromatic carbocycles. The first kappa shape index (κ1) is 22.6. The van der Waals surface area contributed by atoms with Crippen molar-refractivity contribution in [3.8, 4) is 0 Å². The van der Waals surface area contributed by atoms with Gasteiger partial charge in [0.2, 0.25) is 0 Å². The SMILES string of the molecule is CCCCCCCCC(CCCCC=CC=CC=CC(=O)O)OO. The molecular weight excluding hydrogens is 304 g/mol. The first-order chi connectivity index (χ1) is 11.7. The van der Waals surface area contributed by atoms with E-state index in [1.807, 2.05) is 12.2 Å². The normalized spacial score (nSPS) is 13.4. The van der Waals surface area contributed by atoms with Crippen molar-refractivity contribution < 1.29 is 20.0 Å². The number of carbonyl (C=O) groups is 1. The van der Waals surface area contributed by atoms with E-state index in [0.717, 1.165) is 44.6 Å². The largest absolute Gasteiger partial charge is 0.478 e. The van der Waals surface area contributed by atoms with E-state index in [1.54, 1.807) is 6.08 Å². The van der Waals surface area contributed by atoms with Gasteiger partial charge >= 0.3 is 5.97 Å². The summed E-state index contributed by atoms with van der Waals surface area (Å²) < 4.78 is 0. The maximum Gasteiger partial charge on any atom is 0.328 e. The van der Waals surface area contributed by atoms with Gasteiger partial charge in [-0.15, -0.1) is 0 Å². The van der Waals surface area contributed by atoms with E-state index in [0.29, 0.717) is 0 Å². The lowest BCUT2D eigenvalue weighted by atomic mass is 10.0. The molecule has 0 rings (SSSR count). The zero-order valence-electron chi connectivity index (χ0n) is 15.0. The second-order valence-corrected chi connectivity index (χ2v) is 6.08. The summed E-state index contributed by atoms with van der Waals surface area (Å²) in [5.41, 5.74) is 0. The average molecular weight is 338 g/mol. The van der Waals surface area contributed by atoms with Gasteiger partial charge in [-0.25, -0.2) is 9.68 Å². The second kappa shape index (κ2) is 18.0. The van der Waals surface area contributed by atoms with Crippen LogP contribution < -0.4 is 0 Å². The topological polar surface area (TPSA) is 66.8 Å². The van der Waals surface area contributed by atoms with Crippen molar-refractivity contribution in [2.24, 2.45) is 0 Å². The van der Waals surface area contributed by atoms with Crippen molar-refractivity contribution in [2.75, 3.05) is 0 Å². The summed E-state index contributed by atoms with van der Waals surface area (Å²) >= 11 is 0. The maximum absolute atomic E-state index is 10.2. The molecule has 1 atom stereocenters. The summed E-state index contributed by atoms with van der Waals surface area (Å²) in [5.74, 6) is -0.940. The van der Waals surface area contributed by atoms with Gasteiger partial charge in [-0.05, 0) is 25.7 Å². The molecule has 4 nitrogen and oxygen atoms in total. The first-order valence-corrected chi connectivity index (χ1v) is 9.23. The zero-order valence-corrected chi connectivity index (χ0v) is 15.0. The highest BCUT2D eigenvalue weighted by atomic mass is 17.1. The molecular formula is C20H34O4. The Kier molecular flexibility index (Phi) is 16.9. The van der Waals surface area contributed by atoms with Crippen LogP contribution in [0.15, 0.2) is 36.5 Å². The van der Waals surface area contributed by atoms with E-state index in [9.17, 15) is 4.79 Å². The van der Waals surface area contributed by atoms with Crippen LogP contribution >= 0.6 is 0 Å². The molecule has 0 radical (unpaired) electrons. The fourth-order valence-electron chi connectivity index (χ4n) is 2.48. The minimum atomic E-state index is -0.940. The molecule has 4 heteroatoms. The Hall–Kier alpha value is -1.39. The molecule has 0 amide bonds. The van der Waals surface area contributed by atoms with Crippen molar-refractivity contribution in [1.82, 2.24) is 0 Å². The third-order valence-electron chi connectivity index (χ3n) is 3.88. The first-order valence-electron chi connectivity index (χ1n) is 9.23. The molecule has 0 bridgehead atoms. The number of unbranched alkanes of at least 4 members (excludes halogenated alkanes) is 7. The molecule has 24 heavy (non-hydrogen) atoms. The van der Waals surface area contributed by atoms with Crippen LogP contribution in [0.25, 0.3) is 0 Å². The van der Waals surface area contributed by atoms with Crippen LogP contribution in [0.5, 0.6) is 0 Å². The molecule has 0 aliphatic heterocycles. The summed E-state index contributed by atoms with van der Waals surface area (Å²) in [6, 6.07) is 0. The van der Waals surface area contributed by atoms with Crippen molar-refractivity contribution in [1.29, 1.82) is 0 Å². The predicted molar refractivity (Wildman–Crippen MR) is 99.0 cm³/mol. The minimum Gasteiger partial charge on any atom is -0.478 e. The molecule has 0 aromatic rings. The smallest absolute Gasteiger partial charge is 0.328 e. The lowest BCUT2D eigenvalue weighted by Gasteiger charge is -2.12. The van der Waals surface area contributed by atoms with Gasteiger partial charge in [0.05, 0.1) is 6.10 Å². The van der Waals surface area contributed by atoms with Crippen molar-refractivity contribution >= 4 is 5.97 Å². The molecule has 2 N–H and O–H groups in total. The molecule has 1 unspecified atom stereocenters. The fraction of sp³-hybridized carbons (Fsp3) is 0.650. The molecule has 0 aromatic heterocycles. The van der Waals surface area contributed by atoms with Gasteiger partial charge in [0.1, 0.15) is 0 Å². The van der Waals surface area contributed by atoms with E-state index < -0.39 is 5.97 Å². The van der Waals surface area contributed by atoms with Crippen LogP contribution in [0.1, 0.15) is 77.6 Å². The Labute approximate surface area is 146 Å². The summed E-state index contributed by atoms with van der Waals surface area (Å²) in [6.07, 6.45) is 22.5.